The normalized spacial score (nSPS) is 32.7. The molecule has 3 aliphatic rings. The van der Waals surface area contributed by atoms with Crippen LogP contribution in [-0.2, 0) is 4.74 Å². The van der Waals surface area contributed by atoms with Crippen molar-refractivity contribution in [1.29, 1.82) is 0 Å². The highest BCUT2D eigenvalue weighted by Crippen LogP contribution is 2.60. The zero-order valence-corrected chi connectivity index (χ0v) is 16.0. The average Bonchev–Trinajstić information content (AvgIpc) is 3.18. The van der Waals surface area contributed by atoms with Crippen LogP contribution in [-0.4, -0.2) is 48.8 Å². The van der Waals surface area contributed by atoms with Crippen LogP contribution in [0, 0.1) is 11.3 Å². The van der Waals surface area contributed by atoms with Gasteiger partial charge in [0.1, 0.15) is 0 Å². The van der Waals surface area contributed by atoms with Crippen molar-refractivity contribution < 1.29 is 4.74 Å². The summed E-state index contributed by atoms with van der Waals surface area (Å²) >= 11 is 1.88. The summed E-state index contributed by atoms with van der Waals surface area (Å²) in [7, 11) is 0. The summed E-state index contributed by atoms with van der Waals surface area (Å²) in [4.78, 5) is 4.88. The molecule has 0 aromatic rings. The van der Waals surface area contributed by atoms with E-state index in [0.29, 0.717) is 23.5 Å². The Morgan fingerprint density at radius 3 is 2.74 bits per heavy atom. The Kier molecular flexibility index (Phi) is 5.17. The van der Waals surface area contributed by atoms with Crippen molar-refractivity contribution in [1.82, 2.24) is 10.6 Å². The van der Waals surface area contributed by atoms with Crippen molar-refractivity contribution in [2.45, 2.75) is 69.8 Å². The molecule has 4 nitrogen and oxygen atoms in total. The molecular weight excluding hydrogens is 306 g/mol. The molecule has 1 saturated heterocycles. The Morgan fingerprint density at radius 2 is 2.09 bits per heavy atom. The molecule has 2 saturated carbocycles. The van der Waals surface area contributed by atoms with Gasteiger partial charge in [0.15, 0.2) is 5.96 Å². The number of nitrogens with one attached hydrogen (secondary N) is 2. The highest BCUT2D eigenvalue weighted by atomic mass is 32.2. The molecule has 23 heavy (non-hydrogen) atoms. The Bertz CT molecular complexity index is 446. The van der Waals surface area contributed by atoms with Crippen molar-refractivity contribution in [2.24, 2.45) is 16.3 Å². The van der Waals surface area contributed by atoms with Gasteiger partial charge in [0.05, 0.1) is 12.6 Å². The zero-order valence-electron chi connectivity index (χ0n) is 15.2. The van der Waals surface area contributed by atoms with E-state index in [1.807, 2.05) is 11.8 Å². The largest absolute Gasteiger partial charge is 0.377 e. The molecule has 0 bridgehead atoms. The Labute approximate surface area is 145 Å². The van der Waals surface area contributed by atoms with E-state index >= 15 is 0 Å². The number of nitrogens with zero attached hydrogens (tertiary/aromatic N) is 1. The first-order chi connectivity index (χ1) is 11.0. The number of thioether (sulfide) groups is 1. The second kappa shape index (κ2) is 6.83. The lowest BCUT2D eigenvalue weighted by molar-refractivity contribution is -0.125. The third kappa shape index (κ3) is 3.23. The summed E-state index contributed by atoms with van der Waals surface area (Å²) in [5.41, 5.74) is 0.381. The van der Waals surface area contributed by atoms with Gasteiger partial charge in [0.25, 0.3) is 0 Å². The van der Waals surface area contributed by atoms with Crippen molar-refractivity contribution in [3.8, 4) is 0 Å². The second-order valence-corrected chi connectivity index (χ2v) is 9.48. The number of ether oxygens (including phenoxy) is 1. The van der Waals surface area contributed by atoms with Crippen LogP contribution in [0.2, 0.25) is 0 Å². The lowest BCUT2D eigenvalue weighted by atomic mass is 9.54. The maximum Gasteiger partial charge on any atom is 0.191 e. The molecule has 3 unspecified atom stereocenters. The van der Waals surface area contributed by atoms with Crippen LogP contribution in [0.4, 0.5) is 0 Å². The number of fused-ring (bicyclic) bond motifs is 2. The number of guanidine groups is 1. The smallest absolute Gasteiger partial charge is 0.191 e. The van der Waals surface area contributed by atoms with Crippen molar-refractivity contribution in [3.63, 3.8) is 0 Å². The molecule has 1 heterocycles. The van der Waals surface area contributed by atoms with Crippen molar-refractivity contribution >= 4 is 17.7 Å². The molecule has 2 aliphatic carbocycles. The van der Waals surface area contributed by atoms with E-state index in [2.05, 4.69) is 37.7 Å². The van der Waals surface area contributed by atoms with E-state index in [-0.39, 0.29) is 4.75 Å². The first-order valence-electron chi connectivity index (χ1n) is 9.24. The van der Waals surface area contributed by atoms with Gasteiger partial charge in [-0.05, 0) is 46.3 Å². The van der Waals surface area contributed by atoms with Crippen LogP contribution in [0.3, 0.4) is 0 Å². The molecular formula is C18H33N3OS. The van der Waals surface area contributed by atoms with Gasteiger partial charge in [0.2, 0.25) is 0 Å². The lowest BCUT2D eigenvalue weighted by Crippen LogP contribution is -2.69. The molecule has 0 radical (unpaired) electrons. The molecule has 0 aromatic heterocycles. The van der Waals surface area contributed by atoms with E-state index in [0.717, 1.165) is 25.7 Å². The summed E-state index contributed by atoms with van der Waals surface area (Å²) in [6, 6.07) is 0.549. The highest BCUT2D eigenvalue weighted by molar-refractivity contribution is 7.99. The van der Waals surface area contributed by atoms with Gasteiger partial charge >= 0.3 is 0 Å². The Hall–Kier alpha value is -0.420. The maximum absolute atomic E-state index is 6.09. The Balaban J connectivity index is 1.70. The zero-order chi connectivity index (χ0) is 16.5. The number of hydrogen-bond acceptors (Lipinski definition) is 3. The minimum atomic E-state index is 0.187. The van der Waals surface area contributed by atoms with Crippen LogP contribution in [0.15, 0.2) is 4.99 Å². The molecule has 2 N–H and O–H groups in total. The molecule has 3 rings (SSSR count). The molecule has 5 heteroatoms. The average molecular weight is 340 g/mol. The van der Waals surface area contributed by atoms with E-state index < -0.39 is 0 Å². The first kappa shape index (κ1) is 17.4. The number of hydrogen-bond donors (Lipinski definition) is 2. The third-order valence-electron chi connectivity index (χ3n) is 6.09. The van der Waals surface area contributed by atoms with E-state index in [1.165, 1.54) is 32.1 Å². The summed E-state index contributed by atoms with van der Waals surface area (Å²) < 4.78 is 6.28. The predicted molar refractivity (Wildman–Crippen MR) is 99.2 cm³/mol. The molecule has 0 aromatic carbocycles. The van der Waals surface area contributed by atoms with Gasteiger partial charge < -0.3 is 15.4 Å². The standard InChI is InChI=1S/C18H33N3OS/c1-5-19-16(20-12-17(2,3)23-4)21-14-13-8-11-22-15(13)18(14)9-6-7-10-18/h13-15H,5-12H2,1-4H3,(H2,19,20,21). The summed E-state index contributed by atoms with van der Waals surface area (Å²) in [5, 5.41) is 7.26. The molecule has 1 aliphatic heterocycles. The SMILES string of the molecule is CCNC(=NCC(C)(C)SC)NC1C2CCOC2C12CCCC2. The minimum Gasteiger partial charge on any atom is -0.377 e. The lowest BCUT2D eigenvalue weighted by Gasteiger charge is -2.57. The Morgan fingerprint density at radius 1 is 1.35 bits per heavy atom. The molecule has 3 atom stereocenters. The fourth-order valence-electron chi connectivity index (χ4n) is 4.71. The van der Waals surface area contributed by atoms with Crippen molar-refractivity contribution in [2.75, 3.05) is 26.0 Å². The molecule has 1 spiro atoms. The van der Waals surface area contributed by atoms with Crippen LogP contribution >= 0.6 is 11.8 Å². The first-order valence-corrected chi connectivity index (χ1v) is 10.5. The van der Waals surface area contributed by atoms with Gasteiger partial charge in [-0.2, -0.15) is 11.8 Å². The maximum atomic E-state index is 6.09. The predicted octanol–water partition coefficient (Wildman–Crippen LogP) is 3.03. The third-order valence-corrected chi connectivity index (χ3v) is 7.33. The molecule has 3 fully saturated rings. The topological polar surface area (TPSA) is 45.7 Å². The fraction of sp³-hybridized carbons (Fsp3) is 0.944. The van der Waals surface area contributed by atoms with E-state index in [1.54, 1.807) is 0 Å². The van der Waals surface area contributed by atoms with Gasteiger partial charge in [-0.1, -0.05) is 12.8 Å². The second-order valence-electron chi connectivity index (χ2n) is 7.97. The number of aliphatic imine (C=N–C) groups is 1. The number of rotatable bonds is 5. The quantitative estimate of drug-likeness (QED) is 0.597. The van der Waals surface area contributed by atoms with E-state index in [4.69, 9.17) is 9.73 Å². The van der Waals surface area contributed by atoms with Gasteiger partial charge in [-0.3, -0.25) is 4.99 Å². The minimum absolute atomic E-state index is 0.187. The van der Waals surface area contributed by atoms with Gasteiger partial charge in [-0.25, -0.2) is 0 Å². The summed E-state index contributed by atoms with van der Waals surface area (Å²) in [5.74, 6) is 1.68. The fourth-order valence-corrected chi connectivity index (χ4v) is 4.90. The molecule has 132 valence electrons. The monoisotopic (exact) mass is 339 g/mol. The molecule has 0 amide bonds. The van der Waals surface area contributed by atoms with Crippen molar-refractivity contribution in [3.05, 3.63) is 0 Å². The van der Waals surface area contributed by atoms with Crippen LogP contribution in [0.5, 0.6) is 0 Å². The summed E-state index contributed by atoms with van der Waals surface area (Å²) in [6.45, 7) is 9.36. The highest BCUT2D eigenvalue weighted by Gasteiger charge is 2.65. The van der Waals surface area contributed by atoms with Gasteiger partial charge in [-0.15, -0.1) is 0 Å². The van der Waals surface area contributed by atoms with Crippen LogP contribution < -0.4 is 10.6 Å². The summed E-state index contributed by atoms with van der Waals surface area (Å²) in [6.07, 6.45) is 9.24. The van der Waals surface area contributed by atoms with E-state index in [9.17, 15) is 0 Å². The van der Waals surface area contributed by atoms with Gasteiger partial charge in [0, 0.05) is 35.3 Å². The van der Waals surface area contributed by atoms with Crippen LogP contribution in [0.25, 0.3) is 0 Å². The van der Waals surface area contributed by atoms with Crippen LogP contribution in [0.1, 0.15) is 52.9 Å².